The molecule has 0 aromatic carbocycles. The number of morpholine rings is 1. The van der Waals surface area contributed by atoms with Crippen LogP contribution in [0.5, 0.6) is 0 Å². The summed E-state index contributed by atoms with van der Waals surface area (Å²) in [6, 6.07) is 0.404. The van der Waals surface area contributed by atoms with E-state index in [9.17, 15) is 0 Å². The first-order valence-corrected chi connectivity index (χ1v) is 5.55. The molecular weight excluding hydrogens is 180 g/mol. The van der Waals surface area contributed by atoms with Crippen LogP contribution in [0.1, 0.15) is 12.8 Å². The summed E-state index contributed by atoms with van der Waals surface area (Å²) in [7, 11) is 0. The van der Waals surface area contributed by atoms with Gasteiger partial charge in [0, 0.05) is 32.3 Å². The minimum Gasteiger partial charge on any atom is -0.379 e. The maximum Gasteiger partial charge on any atom is 0.0743 e. The second kappa shape index (κ2) is 5.07. The number of ether oxygens (including phenoxy) is 2. The molecule has 4 nitrogen and oxygen atoms in total. The minimum atomic E-state index is 0.359. The third-order valence-electron chi connectivity index (χ3n) is 3.15. The molecule has 0 bridgehead atoms. The molecule has 0 aliphatic carbocycles. The molecule has 0 aromatic heterocycles. The average molecular weight is 200 g/mol. The van der Waals surface area contributed by atoms with Gasteiger partial charge in [-0.05, 0) is 12.8 Å². The van der Waals surface area contributed by atoms with Crippen molar-refractivity contribution in [2.24, 2.45) is 5.73 Å². The zero-order valence-corrected chi connectivity index (χ0v) is 8.65. The van der Waals surface area contributed by atoms with E-state index < -0.39 is 0 Å². The van der Waals surface area contributed by atoms with Crippen molar-refractivity contribution in [2.75, 3.05) is 39.5 Å². The Hall–Kier alpha value is -0.160. The topological polar surface area (TPSA) is 47.7 Å². The molecule has 0 saturated carbocycles. The first-order valence-electron chi connectivity index (χ1n) is 5.55. The molecule has 2 rings (SSSR count). The fourth-order valence-electron chi connectivity index (χ4n) is 2.35. The zero-order chi connectivity index (χ0) is 9.80. The predicted molar refractivity (Wildman–Crippen MR) is 54.2 cm³/mol. The molecule has 4 heteroatoms. The Labute approximate surface area is 85.3 Å². The number of hydrogen-bond donors (Lipinski definition) is 1. The first-order chi connectivity index (χ1) is 6.92. The quantitative estimate of drug-likeness (QED) is 0.687. The van der Waals surface area contributed by atoms with Gasteiger partial charge in [0.2, 0.25) is 0 Å². The Morgan fingerprint density at radius 2 is 2.07 bits per heavy atom. The molecule has 82 valence electrons. The number of rotatable bonds is 3. The molecule has 2 aliphatic heterocycles. The fraction of sp³-hybridized carbons (Fsp3) is 1.00. The Bertz CT molecular complexity index is 166. The second-order valence-corrected chi connectivity index (χ2v) is 4.00. The lowest BCUT2D eigenvalue weighted by molar-refractivity contribution is -0.0268. The van der Waals surface area contributed by atoms with Gasteiger partial charge in [-0.2, -0.15) is 0 Å². The first kappa shape index (κ1) is 10.4. The summed E-state index contributed by atoms with van der Waals surface area (Å²) in [5.41, 5.74) is 5.82. The highest BCUT2D eigenvalue weighted by Gasteiger charge is 2.30. The molecule has 2 aliphatic rings. The van der Waals surface area contributed by atoms with E-state index in [-0.39, 0.29) is 0 Å². The van der Waals surface area contributed by atoms with Crippen LogP contribution in [-0.4, -0.2) is 56.5 Å². The standard InChI is InChI=1S/C10H20N2O2/c11-8-9(10-2-1-5-14-10)12-3-6-13-7-4-12/h9-10H,1-8,11H2. The van der Waals surface area contributed by atoms with Crippen molar-refractivity contribution in [1.82, 2.24) is 4.90 Å². The Morgan fingerprint density at radius 3 is 2.64 bits per heavy atom. The van der Waals surface area contributed by atoms with E-state index in [0.29, 0.717) is 18.7 Å². The van der Waals surface area contributed by atoms with Crippen molar-refractivity contribution in [3.63, 3.8) is 0 Å². The van der Waals surface area contributed by atoms with E-state index in [1.165, 1.54) is 12.8 Å². The van der Waals surface area contributed by atoms with Crippen molar-refractivity contribution >= 4 is 0 Å². The van der Waals surface area contributed by atoms with Gasteiger partial charge in [0.05, 0.1) is 19.3 Å². The maximum absolute atomic E-state index is 5.82. The molecule has 0 spiro atoms. The largest absolute Gasteiger partial charge is 0.379 e. The van der Waals surface area contributed by atoms with E-state index in [4.69, 9.17) is 15.2 Å². The maximum atomic E-state index is 5.82. The lowest BCUT2D eigenvalue weighted by Crippen LogP contribution is -2.52. The van der Waals surface area contributed by atoms with Crippen LogP contribution < -0.4 is 5.73 Å². The minimum absolute atomic E-state index is 0.359. The van der Waals surface area contributed by atoms with Crippen LogP contribution in [0, 0.1) is 0 Å². The molecule has 14 heavy (non-hydrogen) atoms. The smallest absolute Gasteiger partial charge is 0.0743 e. The highest BCUT2D eigenvalue weighted by Crippen LogP contribution is 2.19. The molecule has 2 fully saturated rings. The van der Waals surface area contributed by atoms with Crippen LogP contribution in [0.4, 0.5) is 0 Å². The van der Waals surface area contributed by atoms with E-state index in [2.05, 4.69) is 4.90 Å². The molecule has 2 N–H and O–H groups in total. The SMILES string of the molecule is NCC(C1CCCO1)N1CCOCC1. The highest BCUT2D eigenvalue weighted by molar-refractivity contribution is 4.84. The van der Waals surface area contributed by atoms with Crippen molar-refractivity contribution in [3.8, 4) is 0 Å². The summed E-state index contributed by atoms with van der Waals surface area (Å²) in [4.78, 5) is 2.42. The van der Waals surface area contributed by atoms with Crippen molar-refractivity contribution < 1.29 is 9.47 Å². The Balaban J connectivity index is 1.89. The Morgan fingerprint density at radius 1 is 1.29 bits per heavy atom. The summed E-state index contributed by atoms with van der Waals surface area (Å²) in [5.74, 6) is 0. The number of nitrogens with zero attached hydrogens (tertiary/aromatic N) is 1. The van der Waals surface area contributed by atoms with Crippen LogP contribution in [0.25, 0.3) is 0 Å². The van der Waals surface area contributed by atoms with Crippen LogP contribution >= 0.6 is 0 Å². The van der Waals surface area contributed by atoms with Crippen molar-refractivity contribution in [2.45, 2.75) is 25.0 Å². The molecule has 0 radical (unpaired) electrons. The number of hydrogen-bond acceptors (Lipinski definition) is 4. The van der Waals surface area contributed by atoms with Crippen LogP contribution in [-0.2, 0) is 9.47 Å². The van der Waals surface area contributed by atoms with Gasteiger partial charge in [-0.1, -0.05) is 0 Å². The summed E-state index contributed by atoms with van der Waals surface area (Å²) in [6.07, 6.45) is 2.71. The lowest BCUT2D eigenvalue weighted by atomic mass is 10.1. The summed E-state index contributed by atoms with van der Waals surface area (Å²) in [5, 5.41) is 0. The molecule has 0 aromatic rings. The van der Waals surface area contributed by atoms with Gasteiger partial charge in [-0.15, -0.1) is 0 Å². The summed E-state index contributed by atoms with van der Waals surface area (Å²) < 4.78 is 11.0. The zero-order valence-electron chi connectivity index (χ0n) is 8.65. The van der Waals surface area contributed by atoms with Gasteiger partial charge in [0.25, 0.3) is 0 Å². The third kappa shape index (κ3) is 2.25. The molecule has 2 saturated heterocycles. The average Bonchev–Trinajstić information content (AvgIpc) is 2.74. The van der Waals surface area contributed by atoms with Crippen LogP contribution in [0.3, 0.4) is 0 Å². The van der Waals surface area contributed by atoms with Gasteiger partial charge in [-0.3, -0.25) is 4.90 Å². The van der Waals surface area contributed by atoms with Gasteiger partial charge in [-0.25, -0.2) is 0 Å². The van der Waals surface area contributed by atoms with Gasteiger partial charge in [0.15, 0.2) is 0 Å². The third-order valence-corrected chi connectivity index (χ3v) is 3.15. The van der Waals surface area contributed by atoms with E-state index >= 15 is 0 Å². The monoisotopic (exact) mass is 200 g/mol. The van der Waals surface area contributed by atoms with Crippen LogP contribution in [0.2, 0.25) is 0 Å². The van der Waals surface area contributed by atoms with E-state index in [0.717, 1.165) is 32.9 Å². The van der Waals surface area contributed by atoms with Gasteiger partial charge >= 0.3 is 0 Å². The van der Waals surface area contributed by atoms with E-state index in [1.54, 1.807) is 0 Å². The molecule has 2 heterocycles. The lowest BCUT2D eigenvalue weighted by Gasteiger charge is -2.36. The number of nitrogens with two attached hydrogens (primary N) is 1. The molecular formula is C10H20N2O2. The molecule has 0 amide bonds. The van der Waals surface area contributed by atoms with Crippen LogP contribution in [0.15, 0.2) is 0 Å². The van der Waals surface area contributed by atoms with Crippen molar-refractivity contribution in [1.29, 1.82) is 0 Å². The molecule has 2 atom stereocenters. The predicted octanol–water partition coefficient (Wildman–Crippen LogP) is -0.175. The normalized spacial score (nSPS) is 31.9. The summed E-state index contributed by atoms with van der Waals surface area (Å²) in [6.45, 7) is 5.28. The van der Waals surface area contributed by atoms with Gasteiger partial charge < -0.3 is 15.2 Å². The van der Waals surface area contributed by atoms with E-state index in [1.807, 2.05) is 0 Å². The fourth-order valence-corrected chi connectivity index (χ4v) is 2.35. The van der Waals surface area contributed by atoms with Crippen molar-refractivity contribution in [3.05, 3.63) is 0 Å². The summed E-state index contributed by atoms with van der Waals surface area (Å²) >= 11 is 0. The second-order valence-electron chi connectivity index (χ2n) is 4.00. The Kier molecular flexibility index (Phi) is 3.75. The molecule has 2 unspecified atom stereocenters. The van der Waals surface area contributed by atoms with Gasteiger partial charge in [0.1, 0.15) is 0 Å². The highest BCUT2D eigenvalue weighted by atomic mass is 16.5.